The molecule has 6 amide bonds. The molecule has 0 bridgehead atoms. The number of carbonyl (C=O) groups excluding carboxylic acids is 8. The predicted octanol–water partition coefficient (Wildman–Crippen LogP) is 6.02. The largest absolute Gasteiger partial charge is 0.347 e. The van der Waals surface area contributed by atoms with Crippen LogP contribution in [-0.4, -0.2) is 120 Å². The second-order valence-corrected chi connectivity index (χ2v) is 23.5. The maximum absolute atomic E-state index is 14.6. The molecule has 4 aliphatic rings. The number of rotatable bonds is 20. The van der Waals surface area contributed by atoms with Crippen molar-refractivity contribution in [2.45, 2.75) is 187 Å². The van der Waals surface area contributed by atoms with Crippen molar-refractivity contribution in [1.82, 2.24) is 41.7 Å². The van der Waals surface area contributed by atoms with Gasteiger partial charge in [0.1, 0.15) is 35.7 Å². The van der Waals surface area contributed by atoms with Gasteiger partial charge in [-0.15, -0.1) is 24.8 Å². The number of aryl methyl sites for hydroxylation is 2. The van der Waals surface area contributed by atoms with Gasteiger partial charge in [0, 0.05) is 38.8 Å². The molecule has 2 aromatic rings. The van der Waals surface area contributed by atoms with Crippen molar-refractivity contribution < 1.29 is 38.4 Å². The molecule has 6 rings (SSSR count). The molecule has 16 nitrogen and oxygen atoms in total. The van der Waals surface area contributed by atoms with E-state index < -0.39 is 47.1 Å². The standard InChI is InChI=1S/C57H84N8O8.2ClH/c1-34(58-9)50(68)62-48(56(3,4)5)54(72)64-32-36(30-46(64)52(70)60-44-26-15-20-38-18-11-13-24-42(38)44)28-40(66)22-17-23-41(67)29-37-31-47(53(71)61-45-27-16-21-39-19-12-14-25-43(39)45)65(33-37)55(73)49(57(6,7)8)63-51(69)35(2)59-10;;/h11-14,18-19,24-25,34-37,44-49,58-59H,15-17,20-23,26-33H2,1-10H3,(H,60,70)(H,61,71)(H,62,68)(H,63,69);2*1H/t34-,35-,36-,37-,44+,45+,46-,47-,48+,49+;;/m0../s1. The molecule has 0 radical (unpaired) electrons. The van der Waals surface area contributed by atoms with Gasteiger partial charge in [0.15, 0.2) is 0 Å². The number of benzene rings is 2. The van der Waals surface area contributed by atoms with Crippen LogP contribution >= 0.6 is 24.8 Å². The number of likely N-dealkylation sites (N-methyl/N-ethyl adjacent to an activating group) is 2. The maximum Gasteiger partial charge on any atom is 0.246 e. The molecular weight excluding hydrogens is 996 g/mol. The Balaban J connectivity index is 0.00000608. The summed E-state index contributed by atoms with van der Waals surface area (Å²) in [6.45, 7) is 15.0. The van der Waals surface area contributed by atoms with Gasteiger partial charge in [0.05, 0.1) is 24.2 Å². The van der Waals surface area contributed by atoms with Crippen LogP contribution in [0.5, 0.6) is 0 Å². The van der Waals surface area contributed by atoms with Gasteiger partial charge in [-0.2, -0.15) is 0 Å². The van der Waals surface area contributed by atoms with Gasteiger partial charge in [-0.3, -0.25) is 38.4 Å². The number of amides is 6. The Morgan fingerprint density at radius 3 is 1.28 bits per heavy atom. The summed E-state index contributed by atoms with van der Waals surface area (Å²) in [5.41, 5.74) is 3.13. The molecule has 2 aliphatic carbocycles. The third-order valence-electron chi connectivity index (χ3n) is 15.7. The first-order valence-corrected chi connectivity index (χ1v) is 26.9. The van der Waals surface area contributed by atoms with Crippen LogP contribution in [0.1, 0.15) is 160 Å². The van der Waals surface area contributed by atoms with Crippen LogP contribution in [0.25, 0.3) is 0 Å². The first kappa shape index (κ1) is 62.6. The normalized spacial score (nSPS) is 22.9. The van der Waals surface area contributed by atoms with E-state index in [0.29, 0.717) is 6.42 Å². The number of likely N-dealkylation sites (tertiary alicyclic amines) is 2. The van der Waals surface area contributed by atoms with E-state index in [1.165, 1.54) is 11.1 Å². The van der Waals surface area contributed by atoms with Crippen molar-refractivity contribution in [3.8, 4) is 0 Å². The topological polar surface area (TPSA) is 215 Å². The fourth-order valence-electron chi connectivity index (χ4n) is 11.2. The highest BCUT2D eigenvalue weighted by atomic mass is 35.5. The lowest BCUT2D eigenvalue weighted by atomic mass is 9.85. The van der Waals surface area contributed by atoms with Crippen LogP contribution in [0, 0.1) is 22.7 Å². The number of hydrogen-bond acceptors (Lipinski definition) is 10. The minimum absolute atomic E-state index is 0. The van der Waals surface area contributed by atoms with Crippen LogP contribution < -0.4 is 31.9 Å². The van der Waals surface area contributed by atoms with E-state index in [4.69, 9.17) is 0 Å². The van der Waals surface area contributed by atoms with Gasteiger partial charge in [-0.05, 0) is 131 Å². The predicted molar refractivity (Wildman–Crippen MR) is 295 cm³/mol. The van der Waals surface area contributed by atoms with Crippen molar-refractivity contribution in [2.24, 2.45) is 22.7 Å². The molecule has 0 aromatic heterocycles. The molecular formula is C57H86Cl2N8O8. The second kappa shape index (κ2) is 27.4. The van der Waals surface area contributed by atoms with Crippen molar-refractivity contribution in [2.75, 3.05) is 27.2 Å². The number of hydrogen-bond donors (Lipinski definition) is 6. The summed E-state index contributed by atoms with van der Waals surface area (Å²) in [6, 6.07) is 11.1. The Hall–Kier alpha value is -4.90. The minimum atomic E-state index is -0.931. The molecule has 0 unspecified atom stereocenters. The van der Waals surface area contributed by atoms with Crippen LogP contribution in [0.15, 0.2) is 48.5 Å². The zero-order valence-corrected chi connectivity index (χ0v) is 47.6. The fourth-order valence-corrected chi connectivity index (χ4v) is 11.2. The molecule has 2 saturated heterocycles. The quantitative estimate of drug-likeness (QED) is 0.0908. The van der Waals surface area contributed by atoms with E-state index in [-0.39, 0.29) is 147 Å². The van der Waals surface area contributed by atoms with Crippen LogP contribution in [0.2, 0.25) is 0 Å². The number of nitrogens with one attached hydrogen (secondary N) is 6. The highest BCUT2D eigenvalue weighted by Crippen LogP contribution is 2.36. The average molecular weight is 1080 g/mol. The van der Waals surface area contributed by atoms with Gasteiger partial charge >= 0.3 is 0 Å². The average Bonchev–Trinajstić information content (AvgIpc) is 3.98. The lowest BCUT2D eigenvalue weighted by Crippen LogP contribution is -2.59. The summed E-state index contributed by atoms with van der Waals surface area (Å²) >= 11 is 0. The molecule has 416 valence electrons. The Bertz CT molecular complexity index is 2190. The van der Waals surface area contributed by atoms with Gasteiger partial charge < -0.3 is 41.7 Å². The number of fused-ring (bicyclic) bond motifs is 2. The molecule has 2 aliphatic heterocycles. The summed E-state index contributed by atoms with van der Waals surface area (Å²) in [6.07, 6.45) is 6.60. The smallest absolute Gasteiger partial charge is 0.246 e. The van der Waals surface area contributed by atoms with E-state index in [1.54, 1.807) is 37.7 Å². The number of ketones is 2. The highest BCUT2D eigenvalue weighted by Gasteiger charge is 2.48. The minimum Gasteiger partial charge on any atom is -0.347 e. The van der Waals surface area contributed by atoms with Gasteiger partial charge in [-0.25, -0.2) is 0 Å². The Morgan fingerprint density at radius 1 is 0.573 bits per heavy atom. The van der Waals surface area contributed by atoms with E-state index in [2.05, 4.69) is 44.0 Å². The second-order valence-electron chi connectivity index (χ2n) is 23.5. The van der Waals surface area contributed by atoms with Crippen LogP contribution in [-0.2, 0) is 51.2 Å². The van der Waals surface area contributed by atoms with Crippen molar-refractivity contribution in [1.29, 1.82) is 0 Å². The molecule has 75 heavy (non-hydrogen) atoms. The van der Waals surface area contributed by atoms with E-state index in [0.717, 1.165) is 49.7 Å². The number of carbonyl (C=O) groups is 8. The van der Waals surface area contributed by atoms with E-state index in [1.807, 2.05) is 77.9 Å². The Kier molecular flexibility index (Phi) is 22.9. The monoisotopic (exact) mass is 1080 g/mol. The van der Waals surface area contributed by atoms with Gasteiger partial charge in [0.2, 0.25) is 35.4 Å². The molecule has 2 aromatic carbocycles. The molecule has 0 saturated carbocycles. The highest BCUT2D eigenvalue weighted by molar-refractivity contribution is 5.95. The fraction of sp³-hybridized carbons (Fsp3) is 0.649. The van der Waals surface area contributed by atoms with E-state index in [9.17, 15) is 38.4 Å². The van der Waals surface area contributed by atoms with Crippen LogP contribution in [0.4, 0.5) is 0 Å². The SMILES string of the molecule is CN[C@@H](C)C(=O)N[C@H](C(=O)N1C[C@@H](CC(=O)CCCC(=O)C[C@H]2C[C@@H](C(=O)N[C@@H]3CCCc4ccccc43)N(C(=O)[C@@H](NC(=O)[C@H](C)NC)C(C)(C)C)C2)C[C@H]1C(=O)N[C@@H]1CCCc2ccccc21)C(C)(C)C.Cl.Cl. The summed E-state index contributed by atoms with van der Waals surface area (Å²) in [5.74, 6) is -2.77. The van der Waals surface area contributed by atoms with Gasteiger partial charge in [0.25, 0.3) is 0 Å². The Labute approximate surface area is 457 Å². The lowest BCUT2D eigenvalue weighted by Gasteiger charge is -2.36. The summed E-state index contributed by atoms with van der Waals surface area (Å²) in [7, 11) is 3.34. The number of nitrogens with zero attached hydrogens (tertiary/aromatic N) is 2. The number of halogens is 2. The molecule has 2 fully saturated rings. The van der Waals surface area contributed by atoms with E-state index >= 15 is 0 Å². The number of Topliss-reactive ketones (excluding diaryl/α,β-unsaturated/α-hetero) is 2. The first-order chi connectivity index (χ1) is 34.5. The summed E-state index contributed by atoms with van der Waals surface area (Å²) in [4.78, 5) is 115. The maximum atomic E-state index is 14.6. The zero-order valence-electron chi connectivity index (χ0n) is 46.0. The molecule has 6 N–H and O–H groups in total. The molecule has 0 spiro atoms. The molecule has 18 heteroatoms. The lowest BCUT2D eigenvalue weighted by molar-refractivity contribution is -0.144. The summed E-state index contributed by atoms with van der Waals surface area (Å²) < 4.78 is 0. The summed E-state index contributed by atoms with van der Waals surface area (Å²) in [5, 5.41) is 18.2. The third-order valence-corrected chi connectivity index (χ3v) is 15.7. The zero-order chi connectivity index (χ0) is 53.4. The first-order valence-electron chi connectivity index (χ1n) is 26.9. The molecule has 10 atom stereocenters. The third kappa shape index (κ3) is 16.1. The Morgan fingerprint density at radius 2 is 0.933 bits per heavy atom. The van der Waals surface area contributed by atoms with Gasteiger partial charge in [-0.1, -0.05) is 90.1 Å². The van der Waals surface area contributed by atoms with Crippen molar-refractivity contribution in [3.05, 3.63) is 70.8 Å². The van der Waals surface area contributed by atoms with Crippen LogP contribution in [0.3, 0.4) is 0 Å². The van der Waals surface area contributed by atoms with Crippen molar-refractivity contribution in [3.63, 3.8) is 0 Å². The molecule has 2 heterocycles. The van der Waals surface area contributed by atoms with Crippen molar-refractivity contribution >= 4 is 71.8 Å².